The number of thioether (sulfide) groups is 1. The van der Waals surface area contributed by atoms with Crippen LogP contribution in [0.5, 0.6) is 0 Å². The molecule has 10 heteroatoms. The second kappa shape index (κ2) is 12.2. The fraction of sp³-hybridized carbons (Fsp3) is 0.231. The molecule has 2 aromatic carbocycles. The largest absolute Gasteiger partial charge is 0.490 e. The van der Waals surface area contributed by atoms with Crippen LogP contribution in [0.1, 0.15) is 25.8 Å². The Bertz CT molecular complexity index is 1300. The molecule has 5 nitrogen and oxygen atoms in total. The molecule has 2 aromatic heterocycles. The van der Waals surface area contributed by atoms with E-state index in [0.29, 0.717) is 10.3 Å². The van der Waals surface area contributed by atoms with Crippen LogP contribution in [0.25, 0.3) is 16.9 Å². The normalized spacial score (nSPS) is 12.1. The van der Waals surface area contributed by atoms with Gasteiger partial charge in [0.25, 0.3) is 0 Å². The smallest absolute Gasteiger partial charge is 0.475 e. The number of anilines is 1. The molecule has 36 heavy (non-hydrogen) atoms. The van der Waals surface area contributed by atoms with Crippen molar-refractivity contribution in [1.82, 2.24) is 9.38 Å². The van der Waals surface area contributed by atoms with Gasteiger partial charge in [-0.05, 0) is 36.2 Å². The number of aromatic nitrogens is 2. The zero-order chi connectivity index (χ0) is 26.3. The molecular formula is C26H25ClF3N3O2S. The molecule has 4 rings (SSSR count). The summed E-state index contributed by atoms with van der Waals surface area (Å²) in [5.74, 6) is -1.80. The van der Waals surface area contributed by atoms with Gasteiger partial charge in [0.05, 0.1) is 5.02 Å². The molecule has 2 N–H and O–H groups in total. The van der Waals surface area contributed by atoms with E-state index in [0.717, 1.165) is 35.7 Å². The number of halogens is 4. The van der Waals surface area contributed by atoms with Crippen LogP contribution in [-0.2, 0) is 11.3 Å². The van der Waals surface area contributed by atoms with Gasteiger partial charge >= 0.3 is 12.1 Å². The summed E-state index contributed by atoms with van der Waals surface area (Å²) in [4.78, 5) is 15.1. The van der Waals surface area contributed by atoms with Crippen molar-refractivity contribution in [2.24, 2.45) is 0 Å². The number of hydrogen-bond acceptors (Lipinski definition) is 4. The fourth-order valence-electron chi connectivity index (χ4n) is 3.18. The second-order valence-corrected chi connectivity index (χ2v) is 9.84. The molecule has 0 aliphatic carbocycles. The van der Waals surface area contributed by atoms with Crippen LogP contribution in [0.3, 0.4) is 0 Å². The lowest BCUT2D eigenvalue weighted by molar-refractivity contribution is -0.192. The van der Waals surface area contributed by atoms with E-state index < -0.39 is 12.1 Å². The summed E-state index contributed by atoms with van der Waals surface area (Å²) in [7, 11) is 0. The van der Waals surface area contributed by atoms with E-state index in [4.69, 9.17) is 26.5 Å². The number of alkyl halides is 3. The van der Waals surface area contributed by atoms with Gasteiger partial charge in [-0.15, -0.1) is 11.8 Å². The molecule has 0 spiro atoms. The summed E-state index contributed by atoms with van der Waals surface area (Å²) in [6.45, 7) is 5.20. The molecule has 0 radical (unpaired) electrons. The molecule has 0 saturated heterocycles. The van der Waals surface area contributed by atoms with Gasteiger partial charge < -0.3 is 10.4 Å². The van der Waals surface area contributed by atoms with E-state index in [1.54, 1.807) is 0 Å². The van der Waals surface area contributed by atoms with E-state index in [2.05, 4.69) is 67.7 Å². The van der Waals surface area contributed by atoms with Gasteiger partial charge in [-0.1, -0.05) is 67.9 Å². The molecule has 4 aromatic rings. The zero-order valence-electron chi connectivity index (χ0n) is 19.6. The lowest BCUT2D eigenvalue weighted by Crippen LogP contribution is -2.21. The molecule has 0 aliphatic rings. The van der Waals surface area contributed by atoms with Crippen LogP contribution >= 0.6 is 23.4 Å². The lowest BCUT2D eigenvalue weighted by Gasteiger charge is -2.11. The summed E-state index contributed by atoms with van der Waals surface area (Å²) in [5.41, 5.74) is 4.12. The Morgan fingerprint density at radius 2 is 1.75 bits per heavy atom. The van der Waals surface area contributed by atoms with Crippen LogP contribution in [0.2, 0.25) is 5.02 Å². The maximum absolute atomic E-state index is 10.6. The third-order valence-electron chi connectivity index (χ3n) is 5.17. The third-order valence-corrected chi connectivity index (χ3v) is 6.67. The first-order valence-corrected chi connectivity index (χ1v) is 12.4. The highest BCUT2D eigenvalue weighted by Crippen LogP contribution is 2.32. The van der Waals surface area contributed by atoms with Crippen molar-refractivity contribution in [1.29, 1.82) is 0 Å². The lowest BCUT2D eigenvalue weighted by atomic mass is 10.1. The average molecular weight is 536 g/mol. The molecule has 1 atom stereocenters. The van der Waals surface area contributed by atoms with Crippen LogP contribution < -0.4 is 5.32 Å². The Kier molecular flexibility index (Phi) is 9.28. The molecular weight excluding hydrogens is 511 g/mol. The van der Waals surface area contributed by atoms with Crippen molar-refractivity contribution in [3.05, 3.63) is 83.5 Å². The molecule has 0 fully saturated rings. The maximum atomic E-state index is 10.6. The van der Waals surface area contributed by atoms with Crippen molar-refractivity contribution in [3.8, 4) is 11.3 Å². The van der Waals surface area contributed by atoms with E-state index in [-0.39, 0.29) is 0 Å². The maximum Gasteiger partial charge on any atom is 0.490 e. The van der Waals surface area contributed by atoms with E-state index in [9.17, 15) is 13.2 Å². The number of nitrogens with one attached hydrogen (secondary N) is 1. The molecule has 0 amide bonds. The van der Waals surface area contributed by atoms with Gasteiger partial charge in [-0.2, -0.15) is 13.2 Å². The molecule has 0 bridgehead atoms. The molecule has 2 heterocycles. The van der Waals surface area contributed by atoms with Crippen LogP contribution in [0.15, 0.2) is 77.8 Å². The Morgan fingerprint density at radius 1 is 1.11 bits per heavy atom. The second-order valence-electron chi connectivity index (χ2n) is 7.89. The Labute approximate surface area is 216 Å². The number of carboxylic acid groups (broad SMARTS) is 1. The number of hydrogen-bond donors (Lipinski definition) is 2. The molecule has 1 unspecified atom stereocenters. The summed E-state index contributed by atoms with van der Waals surface area (Å²) in [6.07, 6.45) is -2.01. The number of fused-ring (bicyclic) bond motifs is 1. The number of rotatable bonds is 7. The molecule has 0 aliphatic heterocycles. The van der Waals surface area contributed by atoms with Crippen molar-refractivity contribution in [3.63, 3.8) is 0 Å². The minimum absolute atomic E-state index is 0.612. The van der Waals surface area contributed by atoms with E-state index >= 15 is 0 Å². The van der Waals surface area contributed by atoms with E-state index in [1.165, 1.54) is 10.5 Å². The zero-order valence-corrected chi connectivity index (χ0v) is 21.2. The number of carbonyl (C=O) groups is 1. The predicted molar refractivity (Wildman–Crippen MR) is 139 cm³/mol. The van der Waals surface area contributed by atoms with Crippen LogP contribution in [0.4, 0.5) is 19.0 Å². The topological polar surface area (TPSA) is 66.6 Å². The van der Waals surface area contributed by atoms with Crippen LogP contribution in [-0.4, -0.2) is 31.9 Å². The standard InChI is InChI=1S/C24H24ClN3S.C2HF3O2/c1-3-17(2)29-21-12-9-19(10-13-21)23-24(26-15-18-7-5-4-6-8-18)28-16-20(25)11-14-22(28)27-23;3-2(4,5)1(6)7/h4-14,16-17,26H,3,15H2,1-2H3;(H,6,7). The number of nitrogens with zero attached hydrogens (tertiary/aromatic N) is 2. The molecule has 0 saturated carbocycles. The number of pyridine rings is 1. The Morgan fingerprint density at radius 3 is 2.33 bits per heavy atom. The monoisotopic (exact) mass is 535 g/mol. The highest BCUT2D eigenvalue weighted by molar-refractivity contribution is 7.99. The minimum atomic E-state index is -5.08. The van der Waals surface area contributed by atoms with Gasteiger partial charge in [-0.3, -0.25) is 4.40 Å². The highest BCUT2D eigenvalue weighted by Gasteiger charge is 2.38. The van der Waals surface area contributed by atoms with Gasteiger partial charge in [0.1, 0.15) is 17.2 Å². The van der Waals surface area contributed by atoms with Crippen molar-refractivity contribution >= 4 is 40.8 Å². The van der Waals surface area contributed by atoms with Crippen molar-refractivity contribution in [2.75, 3.05) is 5.32 Å². The highest BCUT2D eigenvalue weighted by atomic mass is 35.5. The van der Waals surface area contributed by atoms with Crippen LogP contribution in [0, 0.1) is 0 Å². The quantitative estimate of drug-likeness (QED) is 0.236. The van der Waals surface area contributed by atoms with Crippen molar-refractivity contribution in [2.45, 2.75) is 43.1 Å². The van der Waals surface area contributed by atoms with Crippen molar-refractivity contribution < 1.29 is 23.1 Å². The first kappa shape index (κ1) is 27.4. The summed E-state index contributed by atoms with van der Waals surface area (Å²) >= 11 is 8.17. The molecule has 190 valence electrons. The first-order chi connectivity index (χ1) is 17.1. The summed E-state index contributed by atoms with van der Waals surface area (Å²) in [5, 5.41) is 12.0. The Hall–Kier alpha value is -3.17. The number of imidazole rings is 1. The average Bonchev–Trinajstić information content (AvgIpc) is 3.21. The number of carboxylic acids is 1. The van der Waals surface area contributed by atoms with Gasteiger partial charge in [0, 0.05) is 28.5 Å². The minimum Gasteiger partial charge on any atom is -0.475 e. The Balaban J connectivity index is 0.000000454. The number of benzene rings is 2. The predicted octanol–water partition coefficient (Wildman–Crippen LogP) is 7.79. The fourth-order valence-corrected chi connectivity index (χ4v) is 4.26. The van der Waals surface area contributed by atoms with Gasteiger partial charge in [0.15, 0.2) is 0 Å². The first-order valence-electron chi connectivity index (χ1n) is 11.1. The summed E-state index contributed by atoms with van der Waals surface area (Å²) in [6, 6.07) is 22.9. The SMILES string of the molecule is CCC(C)Sc1ccc(-c2nc3ccc(Cl)cn3c2NCc2ccccc2)cc1.O=C(O)C(F)(F)F. The van der Waals surface area contributed by atoms with Gasteiger partial charge in [-0.25, -0.2) is 9.78 Å². The van der Waals surface area contributed by atoms with E-state index in [1.807, 2.05) is 40.6 Å². The third kappa shape index (κ3) is 7.41. The number of aliphatic carboxylic acids is 1. The summed E-state index contributed by atoms with van der Waals surface area (Å²) < 4.78 is 33.8. The van der Waals surface area contributed by atoms with Gasteiger partial charge in [0.2, 0.25) is 0 Å².